The van der Waals surface area contributed by atoms with Crippen LogP contribution in [0.4, 0.5) is 0 Å². The monoisotopic (exact) mass is 255 g/mol. The molecule has 0 saturated heterocycles. The summed E-state index contributed by atoms with van der Waals surface area (Å²) in [7, 11) is 0. The van der Waals surface area contributed by atoms with Crippen molar-refractivity contribution < 1.29 is 9.53 Å². The summed E-state index contributed by atoms with van der Waals surface area (Å²) in [5.41, 5.74) is 0.290. The Morgan fingerprint density at radius 3 is 2.28 bits per heavy atom. The molecular formula is C15H29NO2. The van der Waals surface area contributed by atoms with Gasteiger partial charge in [0.25, 0.3) is 0 Å². The molecular weight excluding hydrogens is 226 g/mol. The normalized spacial score (nSPS) is 26.7. The molecule has 1 unspecified atom stereocenters. The van der Waals surface area contributed by atoms with Gasteiger partial charge in [0, 0.05) is 12.1 Å². The van der Waals surface area contributed by atoms with Gasteiger partial charge >= 0.3 is 5.97 Å². The Kier molecular flexibility index (Phi) is 5.64. The van der Waals surface area contributed by atoms with Gasteiger partial charge in [0.1, 0.15) is 0 Å². The van der Waals surface area contributed by atoms with Crippen LogP contribution >= 0.6 is 0 Å². The fourth-order valence-electron chi connectivity index (χ4n) is 2.36. The predicted molar refractivity (Wildman–Crippen MR) is 74.4 cm³/mol. The van der Waals surface area contributed by atoms with Gasteiger partial charge in [-0.3, -0.25) is 4.79 Å². The molecule has 1 saturated carbocycles. The fourth-order valence-corrected chi connectivity index (χ4v) is 2.36. The minimum atomic E-state index is -0.000167. The summed E-state index contributed by atoms with van der Waals surface area (Å²) in [6, 6.07) is 1.06. The van der Waals surface area contributed by atoms with Crippen LogP contribution in [0.25, 0.3) is 0 Å². The zero-order chi connectivity index (χ0) is 13.8. The van der Waals surface area contributed by atoms with Crippen molar-refractivity contribution in [2.75, 3.05) is 6.61 Å². The summed E-state index contributed by atoms with van der Waals surface area (Å²) in [6.07, 6.45) is 4.11. The van der Waals surface area contributed by atoms with Crippen LogP contribution in [0, 0.1) is 11.3 Å². The Labute approximate surface area is 112 Å². The average molecular weight is 255 g/mol. The Hall–Kier alpha value is -0.570. The third-order valence-electron chi connectivity index (χ3n) is 4.13. The van der Waals surface area contributed by atoms with Gasteiger partial charge < -0.3 is 10.1 Å². The van der Waals surface area contributed by atoms with E-state index in [9.17, 15) is 4.79 Å². The van der Waals surface area contributed by atoms with Crippen LogP contribution < -0.4 is 5.32 Å². The zero-order valence-electron chi connectivity index (χ0n) is 12.6. The standard InChI is InChI=1S/C15H29NO2/c1-6-18-14(17)12-7-9-13(10-8-12)16-11(2)15(3,4)5/h11-13,16H,6-10H2,1-5H3. The molecule has 0 aromatic heterocycles. The third-order valence-corrected chi connectivity index (χ3v) is 4.13. The maximum absolute atomic E-state index is 11.6. The SMILES string of the molecule is CCOC(=O)C1CCC(NC(C)C(C)(C)C)CC1. The van der Waals surface area contributed by atoms with E-state index in [1.807, 2.05) is 6.92 Å². The maximum Gasteiger partial charge on any atom is 0.308 e. The number of hydrogen-bond donors (Lipinski definition) is 1. The van der Waals surface area contributed by atoms with E-state index >= 15 is 0 Å². The Balaban J connectivity index is 2.33. The summed E-state index contributed by atoms with van der Waals surface area (Å²) in [5, 5.41) is 3.70. The van der Waals surface area contributed by atoms with Gasteiger partial charge in [0.15, 0.2) is 0 Å². The molecule has 1 aliphatic rings. The number of rotatable bonds is 4. The van der Waals surface area contributed by atoms with Crippen molar-refractivity contribution >= 4 is 5.97 Å². The van der Waals surface area contributed by atoms with Gasteiger partial charge in [0.2, 0.25) is 0 Å². The van der Waals surface area contributed by atoms with Crippen LogP contribution in [0.15, 0.2) is 0 Å². The molecule has 1 fully saturated rings. The Bertz CT molecular complexity index is 262. The lowest BCUT2D eigenvalue weighted by Gasteiger charge is -2.35. The quantitative estimate of drug-likeness (QED) is 0.784. The molecule has 0 bridgehead atoms. The molecule has 1 aliphatic carbocycles. The molecule has 0 aromatic carbocycles. The van der Waals surface area contributed by atoms with Gasteiger partial charge in [-0.1, -0.05) is 20.8 Å². The number of nitrogens with one attached hydrogen (secondary N) is 1. The van der Waals surface area contributed by atoms with Crippen LogP contribution in [-0.4, -0.2) is 24.7 Å². The number of carbonyl (C=O) groups is 1. The van der Waals surface area contributed by atoms with Gasteiger partial charge in [-0.2, -0.15) is 0 Å². The largest absolute Gasteiger partial charge is 0.466 e. The van der Waals surface area contributed by atoms with E-state index in [1.54, 1.807) is 0 Å². The molecule has 0 aliphatic heterocycles. The zero-order valence-corrected chi connectivity index (χ0v) is 12.6. The summed E-state index contributed by atoms with van der Waals surface area (Å²) in [5.74, 6) is 0.132. The van der Waals surface area contributed by atoms with Crippen molar-refractivity contribution in [3.8, 4) is 0 Å². The molecule has 0 amide bonds. The second kappa shape index (κ2) is 6.55. The topological polar surface area (TPSA) is 38.3 Å². The van der Waals surface area contributed by atoms with Crippen molar-refractivity contribution in [1.29, 1.82) is 0 Å². The number of hydrogen-bond acceptors (Lipinski definition) is 3. The van der Waals surface area contributed by atoms with E-state index in [-0.39, 0.29) is 17.3 Å². The van der Waals surface area contributed by atoms with E-state index in [2.05, 4.69) is 33.0 Å². The summed E-state index contributed by atoms with van der Waals surface area (Å²) in [6.45, 7) is 11.4. The third kappa shape index (κ3) is 4.60. The van der Waals surface area contributed by atoms with Crippen LogP contribution in [0.2, 0.25) is 0 Å². The minimum absolute atomic E-state index is 0.000167. The average Bonchev–Trinajstić information content (AvgIpc) is 2.29. The second-order valence-corrected chi connectivity index (χ2v) is 6.55. The van der Waals surface area contributed by atoms with E-state index in [4.69, 9.17) is 4.74 Å². The predicted octanol–water partition coefficient (Wildman–Crippen LogP) is 3.13. The molecule has 106 valence electrons. The van der Waals surface area contributed by atoms with Crippen LogP contribution in [0.5, 0.6) is 0 Å². The van der Waals surface area contributed by atoms with Gasteiger partial charge in [0.05, 0.1) is 12.5 Å². The van der Waals surface area contributed by atoms with Crippen molar-refractivity contribution in [1.82, 2.24) is 5.32 Å². The molecule has 3 heteroatoms. The Morgan fingerprint density at radius 2 is 1.83 bits per heavy atom. The van der Waals surface area contributed by atoms with Crippen molar-refractivity contribution in [2.45, 2.75) is 72.4 Å². The van der Waals surface area contributed by atoms with E-state index < -0.39 is 0 Å². The van der Waals surface area contributed by atoms with Gasteiger partial charge in [-0.05, 0) is 44.9 Å². The van der Waals surface area contributed by atoms with E-state index in [0.29, 0.717) is 18.7 Å². The maximum atomic E-state index is 11.6. The first-order chi connectivity index (χ1) is 8.34. The molecule has 1 rings (SSSR count). The highest BCUT2D eigenvalue weighted by Crippen LogP contribution is 2.27. The van der Waals surface area contributed by atoms with E-state index in [1.165, 1.54) is 0 Å². The summed E-state index contributed by atoms with van der Waals surface area (Å²) >= 11 is 0. The molecule has 18 heavy (non-hydrogen) atoms. The van der Waals surface area contributed by atoms with Crippen LogP contribution in [0.1, 0.15) is 60.3 Å². The first-order valence-electron chi connectivity index (χ1n) is 7.27. The second-order valence-electron chi connectivity index (χ2n) is 6.55. The van der Waals surface area contributed by atoms with Crippen molar-refractivity contribution in [3.05, 3.63) is 0 Å². The molecule has 1 N–H and O–H groups in total. The first kappa shape index (κ1) is 15.5. The lowest BCUT2D eigenvalue weighted by atomic mass is 9.83. The molecule has 1 atom stereocenters. The van der Waals surface area contributed by atoms with Crippen LogP contribution in [0.3, 0.4) is 0 Å². The molecule has 0 aromatic rings. The Morgan fingerprint density at radius 1 is 1.28 bits per heavy atom. The highest BCUT2D eigenvalue weighted by Gasteiger charge is 2.29. The number of ether oxygens (including phenoxy) is 1. The van der Waals surface area contributed by atoms with Crippen molar-refractivity contribution in [3.63, 3.8) is 0 Å². The lowest BCUT2D eigenvalue weighted by Crippen LogP contribution is -2.45. The number of carbonyl (C=O) groups excluding carboxylic acids is 1. The van der Waals surface area contributed by atoms with Crippen LogP contribution in [-0.2, 0) is 9.53 Å². The molecule has 0 spiro atoms. The van der Waals surface area contributed by atoms with Gasteiger partial charge in [-0.25, -0.2) is 0 Å². The minimum Gasteiger partial charge on any atom is -0.466 e. The smallest absolute Gasteiger partial charge is 0.308 e. The lowest BCUT2D eigenvalue weighted by molar-refractivity contribution is -0.149. The number of esters is 1. The van der Waals surface area contributed by atoms with Gasteiger partial charge in [-0.15, -0.1) is 0 Å². The molecule has 0 heterocycles. The molecule has 3 nitrogen and oxygen atoms in total. The summed E-state index contributed by atoms with van der Waals surface area (Å²) in [4.78, 5) is 11.6. The fraction of sp³-hybridized carbons (Fsp3) is 0.933. The highest BCUT2D eigenvalue weighted by molar-refractivity contribution is 5.72. The van der Waals surface area contributed by atoms with E-state index in [0.717, 1.165) is 25.7 Å². The van der Waals surface area contributed by atoms with Crippen molar-refractivity contribution in [2.24, 2.45) is 11.3 Å². The summed E-state index contributed by atoms with van der Waals surface area (Å²) < 4.78 is 5.09. The first-order valence-corrected chi connectivity index (χ1v) is 7.27. The molecule has 0 radical (unpaired) electrons. The highest BCUT2D eigenvalue weighted by atomic mass is 16.5.